The maximum absolute atomic E-state index is 13.2. The number of nitrogens with one attached hydrogen (secondary N) is 1. The van der Waals surface area contributed by atoms with Gasteiger partial charge in [0.05, 0.1) is 0 Å². The minimum Gasteiger partial charge on any atom is -0.480 e. The topological polar surface area (TPSA) is 103 Å². The maximum Gasteiger partial charge on any atom is 0.410 e. The number of carboxylic acids is 1. The van der Waals surface area contributed by atoms with Crippen LogP contribution in [0.15, 0.2) is 30.5 Å². The molecular formula is C22H29N3O5. The Morgan fingerprint density at radius 1 is 1.30 bits per heavy atom. The number of likely N-dealkylation sites (N-methyl/N-ethyl adjacent to an activating group) is 1. The smallest absolute Gasteiger partial charge is 0.410 e. The van der Waals surface area contributed by atoms with Crippen molar-refractivity contribution in [2.24, 2.45) is 0 Å². The molecular weight excluding hydrogens is 386 g/mol. The Hall–Kier alpha value is -3.03. The molecule has 0 aliphatic carbocycles. The average Bonchev–Trinajstić information content (AvgIpc) is 3.30. The third-order valence-corrected chi connectivity index (χ3v) is 5.35. The number of carbonyl (C=O) groups excluding carboxylic acids is 2. The van der Waals surface area contributed by atoms with E-state index < -0.39 is 29.7 Å². The number of hydrogen-bond donors (Lipinski definition) is 2. The van der Waals surface area contributed by atoms with Gasteiger partial charge in [0.2, 0.25) is 5.91 Å². The third-order valence-electron chi connectivity index (χ3n) is 5.35. The molecule has 162 valence electrons. The van der Waals surface area contributed by atoms with Crippen LogP contribution in [0.4, 0.5) is 4.79 Å². The molecule has 8 nitrogen and oxygen atoms in total. The number of aliphatic carboxylic acids is 1. The van der Waals surface area contributed by atoms with E-state index in [9.17, 15) is 19.5 Å². The minimum absolute atomic E-state index is 0.167. The van der Waals surface area contributed by atoms with Crippen molar-refractivity contribution in [2.45, 2.75) is 57.7 Å². The number of nitrogens with zero attached hydrogens (tertiary/aromatic N) is 2. The lowest BCUT2D eigenvalue weighted by Crippen LogP contribution is -2.52. The van der Waals surface area contributed by atoms with Crippen LogP contribution in [0.2, 0.25) is 0 Å². The molecule has 3 rings (SSSR count). The predicted molar refractivity (Wildman–Crippen MR) is 112 cm³/mol. The minimum atomic E-state index is -1.09. The summed E-state index contributed by atoms with van der Waals surface area (Å²) in [5.74, 6) is -1.47. The number of likely N-dealkylation sites (tertiary alicyclic amines) is 1. The molecule has 1 aliphatic rings. The first kappa shape index (κ1) is 21.7. The molecule has 2 atom stereocenters. The molecule has 1 aliphatic heterocycles. The van der Waals surface area contributed by atoms with E-state index >= 15 is 0 Å². The summed E-state index contributed by atoms with van der Waals surface area (Å²) in [6.45, 7) is 5.72. The number of H-pyrrole nitrogens is 1. The lowest BCUT2D eigenvalue weighted by atomic mass is 10.0. The van der Waals surface area contributed by atoms with E-state index in [1.165, 1.54) is 16.8 Å². The van der Waals surface area contributed by atoms with Gasteiger partial charge in [-0.05, 0) is 45.2 Å². The molecule has 2 aromatic rings. The molecule has 0 radical (unpaired) electrons. The van der Waals surface area contributed by atoms with Gasteiger partial charge in [-0.2, -0.15) is 0 Å². The normalized spacial score (nSPS) is 17.7. The molecule has 0 unspecified atom stereocenters. The summed E-state index contributed by atoms with van der Waals surface area (Å²) in [4.78, 5) is 43.5. The van der Waals surface area contributed by atoms with Gasteiger partial charge in [0.1, 0.15) is 17.7 Å². The van der Waals surface area contributed by atoms with E-state index in [4.69, 9.17) is 4.74 Å². The molecule has 0 saturated carbocycles. The van der Waals surface area contributed by atoms with E-state index in [2.05, 4.69) is 4.98 Å². The quantitative estimate of drug-likeness (QED) is 0.781. The van der Waals surface area contributed by atoms with Gasteiger partial charge in [-0.3, -0.25) is 9.69 Å². The van der Waals surface area contributed by atoms with Crippen LogP contribution in [0.25, 0.3) is 10.9 Å². The summed E-state index contributed by atoms with van der Waals surface area (Å²) in [5.41, 5.74) is 1.07. The van der Waals surface area contributed by atoms with Crippen LogP contribution in [0.3, 0.4) is 0 Å². The number of para-hydroxylation sites is 1. The Labute approximate surface area is 175 Å². The van der Waals surface area contributed by atoms with Crippen molar-refractivity contribution >= 4 is 28.9 Å². The number of benzene rings is 1. The first-order valence-corrected chi connectivity index (χ1v) is 10.1. The number of fused-ring (bicyclic) bond motifs is 1. The molecule has 2 amide bonds. The summed E-state index contributed by atoms with van der Waals surface area (Å²) in [6.07, 6.45) is 2.56. The number of aromatic nitrogens is 1. The summed E-state index contributed by atoms with van der Waals surface area (Å²) < 4.78 is 5.42. The fourth-order valence-electron chi connectivity index (χ4n) is 3.85. The predicted octanol–water partition coefficient (Wildman–Crippen LogP) is 3.02. The molecule has 0 bridgehead atoms. The van der Waals surface area contributed by atoms with E-state index in [1.54, 1.807) is 27.0 Å². The Bertz CT molecular complexity index is 946. The van der Waals surface area contributed by atoms with Crippen LogP contribution in [0, 0.1) is 0 Å². The lowest BCUT2D eigenvalue weighted by Gasteiger charge is -2.32. The third kappa shape index (κ3) is 4.58. The van der Waals surface area contributed by atoms with Crippen molar-refractivity contribution in [3.8, 4) is 0 Å². The fourth-order valence-corrected chi connectivity index (χ4v) is 3.85. The Kier molecular flexibility index (Phi) is 6.05. The van der Waals surface area contributed by atoms with Crippen molar-refractivity contribution in [1.29, 1.82) is 0 Å². The van der Waals surface area contributed by atoms with Crippen LogP contribution in [-0.2, 0) is 20.7 Å². The number of amides is 2. The zero-order valence-corrected chi connectivity index (χ0v) is 17.8. The van der Waals surface area contributed by atoms with Crippen molar-refractivity contribution in [2.75, 3.05) is 13.6 Å². The SMILES string of the molecule is CN(C(=O)[C@@H]1CCCN1C(=O)OC(C)(C)C)[C@H](Cc1c[nH]c2ccccc12)C(=O)O. The molecule has 1 saturated heterocycles. The van der Waals surface area contributed by atoms with Crippen molar-refractivity contribution in [3.05, 3.63) is 36.0 Å². The van der Waals surface area contributed by atoms with Crippen molar-refractivity contribution in [1.82, 2.24) is 14.8 Å². The monoisotopic (exact) mass is 415 g/mol. The Balaban J connectivity index is 1.77. The highest BCUT2D eigenvalue weighted by Crippen LogP contribution is 2.25. The largest absolute Gasteiger partial charge is 0.480 e. The second-order valence-electron chi connectivity index (χ2n) is 8.70. The molecule has 30 heavy (non-hydrogen) atoms. The van der Waals surface area contributed by atoms with E-state index in [0.29, 0.717) is 19.4 Å². The van der Waals surface area contributed by atoms with Crippen molar-refractivity contribution < 1.29 is 24.2 Å². The van der Waals surface area contributed by atoms with Gasteiger partial charge in [0.25, 0.3) is 0 Å². The number of aromatic amines is 1. The van der Waals surface area contributed by atoms with Crippen LogP contribution in [0.1, 0.15) is 39.2 Å². The second-order valence-corrected chi connectivity index (χ2v) is 8.70. The van der Waals surface area contributed by atoms with E-state index in [0.717, 1.165) is 16.5 Å². The Morgan fingerprint density at radius 2 is 2.00 bits per heavy atom. The number of rotatable bonds is 5. The van der Waals surface area contributed by atoms with Gasteiger partial charge in [0, 0.05) is 37.1 Å². The molecule has 1 aromatic heterocycles. The van der Waals surface area contributed by atoms with E-state index in [-0.39, 0.29) is 12.3 Å². The van der Waals surface area contributed by atoms with Gasteiger partial charge in [-0.1, -0.05) is 18.2 Å². The summed E-state index contributed by atoms with van der Waals surface area (Å²) in [5, 5.41) is 10.8. The molecule has 1 fully saturated rings. The highest BCUT2D eigenvalue weighted by atomic mass is 16.6. The molecule has 2 heterocycles. The van der Waals surface area contributed by atoms with Crippen molar-refractivity contribution in [3.63, 3.8) is 0 Å². The number of ether oxygens (including phenoxy) is 1. The van der Waals surface area contributed by atoms with Gasteiger partial charge in [0.15, 0.2) is 0 Å². The van der Waals surface area contributed by atoms with Crippen LogP contribution >= 0.6 is 0 Å². The number of carbonyl (C=O) groups is 3. The summed E-state index contributed by atoms with van der Waals surface area (Å²) in [7, 11) is 1.49. The zero-order valence-electron chi connectivity index (χ0n) is 17.8. The molecule has 1 aromatic carbocycles. The first-order chi connectivity index (χ1) is 14.1. The van der Waals surface area contributed by atoms with Gasteiger partial charge >= 0.3 is 12.1 Å². The molecule has 2 N–H and O–H groups in total. The standard InChI is InChI=1S/C22H29N3O5/c1-22(2,3)30-21(29)25-11-7-10-17(25)19(26)24(4)18(20(27)28)12-14-13-23-16-9-6-5-8-15(14)16/h5-6,8-9,13,17-18,23H,7,10-12H2,1-4H3,(H,27,28)/t17-,18+/m0/s1. The fraction of sp³-hybridized carbons (Fsp3) is 0.500. The first-order valence-electron chi connectivity index (χ1n) is 10.1. The van der Waals surface area contributed by atoms with Gasteiger partial charge < -0.3 is 19.7 Å². The average molecular weight is 415 g/mol. The summed E-state index contributed by atoms with van der Waals surface area (Å²) in [6, 6.07) is 5.87. The zero-order chi connectivity index (χ0) is 22.1. The number of carboxylic acid groups (broad SMARTS) is 1. The number of hydrogen-bond acceptors (Lipinski definition) is 4. The van der Waals surface area contributed by atoms with Gasteiger partial charge in [-0.15, -0.1) is 0 Å². The maximum atomic E-state index is 13.2. The van der Waals surface area contributed by atoms with Gasteiger partial charge in [-0.25, -0.2) is 9.59 Å². The molecule has 8 heteroatoms. The Morgan fingerprint density at radius 3 is 2.67 bits per heavy atom. The van der Waals surface area contributed by atoms with Crippen LogP contribution < -0.4 is 0 Å². The highest BCUT2D eigenvalue weighted by molar-refractivity contribution is 5.90. The second kappa shape index (κ2) is 8.38. The summed E-state index contributed by atoms with van der Waals surface area (Å²) >= 11 is 0. The highest BCUT2D eigenvalue weighted by Gasteiger charge is 2.40. The van der Waals surface area contributed by atoms with Crippen LogP contribution in [-0.4, -0.2) is 69.1 Å². The van der Waals surface area contributed by atoms with Crippen LogP contribution in [0.5, 0.6) is 0 Å². The lowest BCUT2D eigenvalue weighted by molar-refractivity contribution is -0.150. The molecule has 0 spiro atoms. The van der Waals surface area contributed by atoms with E-state index in [1.807, 2.05) is 24.3 Å².